The van der Waals surface area contributed by atoms with E-state index in [1.54, 1.807) is 0 Å². The minimum absolute atomic E-state index is 0.316. The Bertz CT molecular complexity index is 478. The first-order valence-electron chi connectivity index (χ1n) is 5.72. The molecule has 0 amide bonds. The molecule has 0 N–H and O–H groups in total. The molecule has 0 aromatic carbocycles. The highest BCUT2D eigenvalue weighted by atomic mass is 15.0. The van der Waals surface area contributed by atoms with Crippen LogP contribution in [0.5, 0.6) is 0 Å². The van der Waals surface area contributed by atoms with Gasteiger partial charge in [-0.3, -0.25) is 0 Å². The van der Waals surface area contributed by atoms with E-state index in [1.165, 1.54) is 36.9 Å². The lowest BCUT2D eigenvalue weighted by molar-refractivity contribution is 0.482. The predicted molar refractivity (Wildman–Crippen MR) is 61.0 cm³/mol. The molecule has 2 heteroatoms. The fraction of sp³-hybridized carbons (Fsp3) is 0.462. The van der Waals surface area contributed by atoms with Crippen molar-refractivity contribution in [3.05, 3.63) is 36.4 Å². The SMILES string of the molecule is CC1(c2ncn3ccccc23)CCCC1. The summed E-state index contributed by atoms with van der Waals surface area (Å²) in [5.41, 5.74) is 2.89. The maximum absolute atomic E-state index is 4.61. The molecule has 0 unspecified atom stereocenters. The molecule has 2 aromatic rings. The maximum atomic E-state index is 4.61. The standard InChI is InChI=1S/C13H16N2/c1-13(7-3-4-8-13)12-11-6-2-5-9-15(11)10-14-12/h2,5-6,9-10H,3-4,7-8H2,1H3. The molecule has 0 bridgehead atoms. The van der Waals surface area contributed by atoms with Crippen LogP contribution in [-0.2, 0) is 5.41 Å². The number of rotatable bonds is 1. The summed E-state index contributed by atoms with van der Waals surface area (Å²) in [5, 5.41) is 0. The molecule has 2 nitrogen and oxygen atoms in total. The van der Waals surface area contributed by atoms with Crippen molar-refractivity contribution in [2.45, 2.75) is 38.0 Å². The minimum Gasteiger partial charge on any atom is -0.306 e. The van der Waals surface area contributed by atoms with E-state index in [2.05, 4.69) is 40.7 Å². The number of pyridine rings is 1. The molecule has 78 valence electrons. The van der Waals surface area contributed by atoms with Crippen LogP contribution in [-0.4, -0.2) is 9.38 Å². The monoisotopic (exact) mass is 200 g/mol. The van der Waals surface area contributed by atoms with Crippen LogP contribution in [0.3, 0.4) is 0 Å². The molecule has 0 spiro atoms. The second-order valence-electron chi connectivity index (χ2n) is 4.85. The largest absolute Gasteiger partial charge is 0.306 e. The molecule has 15 heavy (non-hydrogen) atoms. The van der Waals surface area contributed by atoms with Crippen LogP contribution in [0, 0.1) is 0 Å². The summed E-state index contributed by atoms with van der Waals surface area (Å²) < 4.78 is 2.12. The highest BCUT2D eigenvalue weighted by molar-refractivity contribution is 5.55. The third-order valence-electron chi connectivity index (χ3n) is 3.72. The first kappa shape index (κ1) is 8.96. The lowest BCUT2D eigenvalue weighted by atomic mass is 9.84. The minimum atomic E-state index is 0.316. The van der Waals surface area contributed by atoms with Crippen molar-refractivity contribution in [3.8, 4) is 0 Å². The average Bonchev–Trinajstić information content (AvgIpc) is 2.84. The van der Waals surface area contributed by atoms with Gasteiger partial charge in [0.25, 0.3) is 0 Å². The number of aromatic nitrogens is 2. The van der Waals surface area contributed by atoms with Gasteiger partial charge in [-0.15, -0.1) is 0 Å². The molecule has 0 radical (unpaired) electrons. The Labute approximate surface area is 90.0 Å². The van der Waals surface area contributed by atoms with Gasteiger partial charge in [-0.25, -0.2) is 4.98 Å². The zero-order valence-corrected chi connectivity index (χ0v) is 9.11. The first-order valence-corrected chi connectivity index (χ1v) is 5.72. The second-order valence-corrected chi connectivity index (χ2v) is 4.85. The van der Waals surface area contributed by atoms with Gasteiger partial charge in [0.1, 0.15) is 0 Å². The Balaban J connectivity index is 2.18. The van der Waals surface area contributed by atoms with E-state index in [-0.39, 0.29) is 0 Å². The van der Waals surface area contributed by atoms with Gasteiger partial charge in [0, 0.05) is 11.6 Å². The zero-order valence-electron chi connectivity index (χ0n) is 9.11. The van der Waals surface area contributed by atoms with Crippen molar-refractivity contribution in [2.75, 3.05) is 0 Å². The third kappa shape index (κ3) is 1.28. The van der Waals surface area contributed by atoms with E-state index in [0.717, 1.165) is 0 Å². The number of nitrogens with zero attached hydrogens (tertiary/aromatic N) is 2. The summed E-state index contributed by atoms with van der Waals surface area (Å²) in [5.74, 6) is 0. The van der Waals surface area contributed by atoms with Crippen LogP contribution in [0.1, 0.15) is 38.3 Å². The van der Waals surface area contributed by atoms with Gasteiger partial charge in [0.15, 0.2) is 0 Å². The van der Waals surface area contributed by atoms with E-state index in [9.17, 15) is 0 Å². The molecule has 0 saturated heterocycles. The van der Waals surface area contributed by atoms with Gasteiger partial charge in [-0.2, -0.15) is 0 Å². The van der Waals surface area contributed by atoms with Crippen molar-refractivity contribution in [1.82, 2.24) is 9.38 Å². The summed E-state index contributed by atoms with van der Waals surface area (Å²) >= 11 is 0. The molecule has 1 aliphatic carbocycles. The van der Waals surface area contributed by atoms with Crippen molar-refractivity contribution >= 4 is 5.52 Å². The fourth-order valence-corrected chi connectivity index (χ4v) is 2.80. The van der Waals surface area contributed by atoms with Gasteiger partial charge in [0.2, 0.25) is 0 Å². The van der Waals surface area contributed by atoms with Gasteiger partial charge in [-0.05, 0) is 25.0 Å². The molecule has 0 aliphatic heterocycles. The van der Waals surface area contributed by atoms with E-state index >= 15 is 0 Å². The Hall–Kier alpha value is -1.31. The number of hydrogen-bond acceptors (Lipinski definition) is 1. The quantitative estimate of drug-likeness (QED) is 0.691. The fourth-order valence-electron chi connectivity index (χ4n) is 2.80. The number of imidazole rings is 1. The number of hydrogen-bond donors (Lipinski definition) is 0. The van der Waals surface area contributed by atoms with Gasteiger partial charge in [0.05, 0.1) is 17.5 Å². The van der Waals surface area contributed by atoms with Crippen LogP contribution in [0.4, 0.5) is 0 Å². The predicted octanol–water partition coefficient (Wildman–Crippen LogP) is 3.17. The van der Waals surface area contributed by atoms with E-state index < -0.39 is 0 Å². The summed E-state index contributed by atoms with van der Waals surface area (Å²) in [4.78, 5) is 4.61. The third-order valence-corrected chi connectivity index (χ3v) is 3.72. The van der Waals surface area contributed by atoms with Crippen molar-refractivity contribution in [3.63, 3.8) is 0 Å². The van der Waals surface area contributed by atoms with E-state index in [4.69, 9.17) is 0 Å². The lowest BCUT2D eigenvalue weighted by Gasteiger charge is -2.21. The Morgan fingerprint density at radius 3 is 2.87 bits per heavy atom. The van der Waals surface area contributed by atoms with E-state index in [1.807, 2.05) is 6.33 Å². The first-order chi connectivity index (χ1) is 7.30. The molecular weight excluding hydrogens is 184 g/mol. The molecule has 1 aliphatic rings. The number of fused-ring (bicyclic) bond motifs is 1. The summed E-state index contributed by atoms with van der Waals surface area (Å²) in [6.45, 7) is 2.36. The molecule has 3 rings (SSSR count). The smallest absolute Gasteiger partial charge is 0.0995 e. The van der Waals surface area contributed by atoms with Crippen LogP contribution < -0.4 is 0 Å². The van der Waals surface area contributed by atoms with Crippen LogP contribution in [0.25, 0.3) is 5.52 Å². The van der Waals surface area contributed by atoms with E-state index in [0.29, 0.717) is 5.41 Å². The highest BCUT2D eigenvalue weighted by Gasteiger charge is 2.33. The van der Waals surface area contributed by atoms with Crippen molar-refractivity contribution in [2.24, 2.45) is 0 Å². The van der Waals surface area contributed by atoms with Gasteiger partial charge in [-0.1, -0.05) is 25.8 Å². The van der Waals surface area contributed by atoms with Gasteiger partial charge >= 0.3 is 0 Å². The molecule has 1 saturated carbocycles. The van der Waals surface area contributed by atoms with Gasteiger partial charge < -0.3 is 4.40 Å². The molecule has 1 fully saturated rings. The molecule has 2 heterocycles. The maximum Gasteiger partial charge on any atom is 0.0995 e. The van der Waals surface area contributed by atoms with Crippen molar-refractivity contribution < 1.29 is 0 Å². The van der Waals surface area contributed by atoms with Crippen molar-refractivity contribution in [1.29, 1.82) is 0 Å². The molecular formula is C13H16N2. The Kier molecular flexibility index (Phi) is 1.84. The summed E-state index contributed by atoms with van der Waals surface area (Å²) in [6.07, 6.45) is 9.28. The second kappa shape index (κ2) is 3.09. The van der Waals surface area contributed by atoms with Crippen LogP contribution >= 0.6 is 0 Å². The highest BCUT2D eigenvalue weighted by Crippen LogP contribution is 2.41. The van der Waals surface area contributed by atoms with Crippen LogP contribution in [0.2, 0.25) is 0 Å². The van der Waals surface area contributed by atoms with Crippen LogP contribution in [0.15, 0.2) is 30.7 Å². The molecule has 0 atom stereocenters. The molecule has 2 aromatic heterocycles. The summed E-state index contributed by atoms with van der Waals surface area (Å²) in [7, 11) is 0. The average molecular weight is 200 g/mol. The Morgan fingerprint density at radius 1 is 1.27 bits per heavy atom. The summed E-state index contributed by atoms with van der Waals surface area (Å²) in [6, 6.07) is 6.32. The normalized spacial score (nSPS) is 19.8. The lowest BCUT2D eigenvalue weighted by Crippen LogP contribution is -2.17. The zero-order chi connectivity index (χ0) is 10.3. The topological polar surface area (TPSA) is 17.3 Å². The Morgan fingerprint density at radius 2 is 2.07 bits per heavy atom.